The molecule has 1 aliphatic rings. The number of esters is 1. The van der Waals surface area contributed by atoms with Crippen LogP contribution in [0.25, 0.3) is 0 Å². The normalized spacial score (nSPS) is 17.2. The van der Waals surface area contributed by atoms with E-state index in [2.05, 4.69) is 31.3 Å². The third-order valence-electron chi connectivity index (χ3n) is 9.80. The van der Waals surface area contributed by atoms with Gasteiger partial charge in [0.05, 0.1) is 44.2 Å². The zero-order valence-electron chi connectivity index (χ0n) is 35.4. The standard InChI is InChI=1S/C42H69N5O10/c1-25(2)20-30(33(48)23-35(50)43-27(5)38(52)44-31(21-26(3)4)34(49)24-36(51)56-9)45-40(54)37(29-18-14-11-15-19-29)47-39(53)32(22-28-16-12-10-13-17-28)46-41(55)57-42(6,7)8/h10,12-13,16-17,25-27,29-34,37,48-49H,11,14-15,18-24H2,1-9H3,(H,43,50)(H,44,52)(H,45,54)(H,46,55)(H,47,53)/t27-,30-,31-,32-,33-,34-,37?/m0/s1. The number of hydrogen-bond acceptors (Lipinski definition) is 10. The Bertz CT molecular complexity index is 1440. The molecule has 0 heterocycles. The summed E-state index contributed by atoms with van der Waals surface area (Å²) in [6.45, 7) is 14.3. The van der Waals surface area contributed by atoms with Gasteiger partial charge in [0.2, 0.25) is 23.6 Å². The maximum absolute atomic E-state index is 14.2. The van der Waals surface area contributed by atoms with Crippen molar-refractivity contribution >= 4 is 35.7 Å². The van der Waals surface area contributed by atoms with Crippen molar-refractivity contribution in [2.45, 2.75) is 168 Å². The van der Waals surface area contributed by atoms with Crippen LogP contribution >= 0.6 is 0 Å². The number of ether oxygens (including phenoxy) is 2. The number of nitrogens with one attached hydrogen (secondary N) is 5. The van der Waals surface area contributed by atoms with Crippen LogP contribution in [0.15, 0.2) is 30.3 Å². The van der Waals surface area contributed by atoms with Crippen molar-refractivity contribution in [2.75, 3.05) is 7.11 Å². The molecule has 1 aromatic carbocycles. The first-order chi connectivity index (χ1) is 26.7. The van der Waals surface area contributed by atoms with Crippen molar-refractivity contribution in [1.82, 2.24) is 26.6 Å². The molecule has 1 aromatic rings. The minimum Gasteiger partial charge on any atom is -0.469 e. The minimum atomic E-state index is -1.34. The highest BCUT2D eigenvalue weighted by Crippen LogP contribution is 2.27. The first kappa shape index (κ1) is 48.9. The number of carbonyl (C=O) groups is 6. The minimum absolute atomic E-state index is 0.00280. The largest absolute Gasteiger partial charge is 0.469 e. The van der Waals surface area contributed by atoms with Crippen molar-refractivity contribution in [2.24, 2.45) is 17.8 Å². The van der Waals surface area contributed by atoms with E-state index in [9.17, 15) is 39.0 Å². The SMILES string of the molecule is COC(=O)C[C@H](O)[C@H](CC(C)C)NC(=O)[C@H](C)NC(=O)C[C@H](O)[C@H](CC(C)C)NC(=O)C(NC(=O)[C@H](Cc1ccccc1)NC(=O)OC(C)(C)C)C1CCCCC1. The number of alkyl carbamates (subject to hydrolysis) is 1. The predicted octanol–water partition coefficient (Wildman–Crippen LogP) is 3.43. The Morgan fingerprint density at radius 2 is 1.26 bits per heavy atom. The van der Waals surface area contributed by atoms with E-state index in [1.807, 2.05) is 58.0 Å². The van der Waals surface area contributed by atoms with Gasteiger partial charge in [-0.05, 0) is 76.7 Å². The molecule has 57 heavy (non-hydrogen) atoms. The van der Waals surface area contributed by atoms with Gasteiger partial charge in [-0.15, -0.1) is 0 Å². The molecule has 0 aliphatic heterocycles. The van der Waals surface area contributed by atoms with Crippen LogP contribution in [0.1, 0.15) is 119 Å². The molecule has 15 nitrogen and oxygen atoms in total. The highest BCUT2D eigenvalue weighted by molar-refractivity contribution is 5.92. The highest BCUT2D eigenvalue weighted by atomic mass is 16.6. The Kier molecular flexibility index (Phi) is 20.5. The summed E-state index contributed by atoms with van der Waals surface area (Å²) in [5.41, 5.74) is -0.00726. The second-order valence-electron chi connectivity index (χ2n) is 17.2. The number of hydrogen-bond donors (Lipinski definition) is 7. The lowest BCUT2D eigenvalue weighted by atomic mass is 9.83. The molecule has 0 radical (unpaired) electrons. The summed E-state index contributed by atoms with van der Waals surface area (Å²) in [6, 6.07) is 4.45. The third kappa shape index (κ3) is 18.7. The molecule has 0 saturated heterocycles. The maximum Gasteiger partial charge on any atom is 0.408 e. The van der Waals surface area contributed by atoms with E-state index in [1.54, 1.807) is 20.8 Å². The van der Waals surface area contributed by atoms with Gasteiger partial charge in [0.25, 0.3) is 0 Å². The summed E-state index contributed by atoms with van der Waals surface area (Å²) >= 11 is 0. The van der Waals surface area contributed by atoms with Gasteiger partial charge in [0.1, 0.15) is 23.7 Å². The van der Waals surface area contributed by atoms with Gasteiger partial charge >= 0.3 is 12.1 Å². The summed E-state index contributed by atoms with van der Waals surface area (Å²) in [6.07, 6.45) is 0.911. The predicted molar refractivity (Wildman–Crippen MR) is 215 cm³/mol. The number of benzene rings is 1. The van der Waals surface area contributed by atoms with Crippen LogP contribution in [0.2, 0.25) is 0 Å². The lowest BCUT2D eigenvalue weighted by Gasteiger charge is -2.34. The fourth-order valence-corrected chi connectivity index (χ4v) is 6.94. The average Bonchev–Trinajstić information content (AvgIpc) is 3.12. The van der Waals surface area contributed by atoms with Crippen LogP contribution in [0.3, 0.4) is 0 Å². The zero-order chi connectivity index (χ0) is 42.9. The molecule has 0 spiro atoms. The Morgan fingerprint density at radius 1 is 0.719 bits per heavy atom. The van der Waals surface area contributed by atoms with Gasteiger partial charge in [-0.1, -0.05) is 77.3 Å². The van der Waals surface area contributed by atoms with Crippen LogP contribution in [0, 0.1) is 17.8 Å². The summed E-state index contributed by atoms with van der Waals surface area (Å²) in [5, 5.41) is 35.8. The van der Waals surface area contributed by atoms with Gasteiger partial charge in [0, 0.05) is 6.42 Å². The summed E-state index contributed by atoms with van der Waals surface area (Å²) in [5.74, 6) is -3.04. The molecule has 7 N–H and O–H groups in total. The molecule has 0 bridgehead atoms. The molecule has 322 valence electrons. The molecule has 2 rings (SSSR count). The fourth-order valence-electron chi connectivity index (χ4n) is 6.94. The second kappa shape index (κ2) is 23.9. The lowest BCUT2D eigenvalue weighted by molar-refractivity contribution is -0.144. The number of methoxy groups -OCH3 is 1. The van der Waals surface area contributed by atoms with Gasteiger partial charge in [-0.25, -0.2) is 4.79 Å². The van der Waals surface area contributed by atoms with Crippen molar-refractivity contribution < 1.29 is 48.5 Å². The van der Waals surface area contributed by atoms with Crippen molar-refractivity contribution in [1.29, 1.82) is 0 Å². The van der Waals surface area contributed by atoms with Gasteiger partial charge in [-0.2, -0.15) is 0 Å². The maximum atomic E-state index is 14.2. The van der Waals surface area contributed by atoms with Gasteiger partial charge < -0.3 is 46.3 Å². The second-order valence-corrected chi connectivity index (χ2v) is 17.2. The van der Waals surface area contributed by atoms with Crippen molar-refractivity contribution in [3.05, 3.63) is 35.9 Å². The van der Waals surface area contributed by atoms with Crippen LogP contribution in [0.4, 0.5) is 4.79 Å². The van der Waals surface area contributed by atoms with Crippen LogP contribution in [0.5, 0.6) is 0 Å². The molecule has 1 aliphatic carbocycles. The van der Waals surface area contributed by atoms with Crippen LogP contribution < -0.4 is 26.6 Å². The van der Waals surface area contributed by atoms with E-state index in [0.29, 0.717) is 25.7 Å². The van der Waals surface area contributed by atoms with E-state index >= 15 is 0 Å². The van der Waals surface area contributed by atoms with E-state index in [0.717, 1.165) is 24.8 Å². The summed E-state index contributed by atoms with van der Waals surface area (Å²) in [4.78, 5) is 79.1. The van der Waals surface area contributed by atoms with Gasteiger partial charge in [-0.3, -0.25) is 24.0 Å². The Hall–Kier alpha value is -4.24. The lowest BCUT2D eigenvalue weighted by Crippen LogP contribution is -2.59. The quantitative estimate of drug-likeness (QED) is 0.0898. The Balaban J connectivity index is 2.22. The number of carbonyl (C=O) groups excluding carboxylic acids is 6. The van der Waals surface area contributed by atoms with Crippen molar-refractivity contribution in [3.8, 4) is 0 Å². The highest BCUT2D eigenvalue weighted by Gasteiger charge is 2.36. The summed E-state index contributed by atoms with van der Waals surface area (Å²) in [7, 11) is 1.21. The molecule has 1 fully saturated rings. The van der Waals surface area contributed by atoms with Gasteiger partial charge in [0.15, 0.2) is 0 Å². The smallest absolute Gasteiger partial charge is 0.408 e. The van der Waals surface area contributed by atoms with E-state index < -0.39 is 90.1 Å². The molecule has 1 unspecified atom stereocenters. The zero-order valence-corrected chi connectivity index (χ0v) is 35.4. The van der Waals surface area contributed by atoms with E-state index in [-0.39, 0.29) is 30.6 Å². The molecule has 0 aromatic heterocycles. The van der Waals surface area contributed by atoms with Crippen LogP contribution in [-0.4, -0.2) is 101 Å². The Morgan fingerprint density at radius 3 is 1.79 bits per heavy atom. The summed E-state index contributed by atoms with van der Waals surface area (Å²) < 4.78 is 10.1. The number of aliphatic hydroxyl groups is 2. The average molecular weight is 804 g/mol. The molecule has 15 heteroatoms. The number of rotatable bonds is 21. The fraction of sp³-hybridized carbons (Fsp3) is 0.714. The first-order valence-electron chi connectivity index (χ1n) is 20.4. The molecule has 5 amide bonds. The Labute approximate surface area is 338 Å². The van der Waals surface area contributed by atoms with E-state index in [4.69, 9.17) is 4.74 Å². The monoisotopic (exact) mass is 804 g/mol. The number of aliphatic hydroxyl groups excluding tert-OH is 2. The molecule has 7 atom stereocenters. The molecular weight excluding hydrogens is 734 g/mol. The van der Waals surface area contributed by atoms with E-state index in [1.165, 1.54) is 14.0 Å². The van der Waals surface area contributed by atoms with Crippen molar-refractivity contribution in [3.63, 3.8) is 0 Å². The third-order valence-corrected chi connectivity index (χ3v) is 9.80. The first-order valence-corrected chi connectivity index (χ1v) is 20.4. The molecule has 1 saturated carbocycles. The number of amides is 5. The van der Waals surface area contributed by atoms with Crippen LogP contribution in [-0.2, 0) is 39.9 Å². The molecular formula is C42H69N5O10. The topological polar surface area (TPSA) is 221 Å².